The summed E-state index contributed by atoms with van der Waals surface area (Å²) >= 11 is 0. The number of piperazine rings is 1. The molecule has 2 heterocycles. The zero-order valence-corrected chi connectivity index (χ0v) is 11.8. The van der Waals surface area contributed by atoms with Crippen LogP contribution >= 0.6 is 0 Å². The van der Waals surface area contributed by atoms with Crippen LogP contribution in [0.3, 0.4) is 0 Å². The summed E-state index contributed by atoms with van der Waals surface area (Å²) < 4.78 is 5.49. The van der Waals surface area contributed by atoms with Gasteiger partial charge < -0.3 is 20.3 Å². The Hall–Kier alpha value is -2.08. The quantitative estimate of drug-likeness (QED) is 0.802. The van der Waals surface area contributed by atoms with E-state index in [9.17, 15) is 9.59 Å². The minimum Gasteiger partial charge on any atom is -0.492 e. The van der Waals surface area contributed by atoms with Crippen LogP contribution in [0.5, 0.6) is 5.75 Å². The largest absolute Gasteiger partial charge is 0.492 e. The third-order valence-electron chi connectivity index (χ3n) is 3.90. The number of fused-ring (bicyclic) bond motifs is 1. The highest BCUT2D eigenvalue weighted by Crippen LogP contribution is 2.33. The van der Waals surface area contributed by atoms with Crippen molar-refractivity contribution in [3.63, 3.8) is 0 Å². The Morgan fingerprint density at radius 2 is 2.05 bits per heavy atom. The molecule has 0 radical (unpaired) electrons. The molecule has 2 N–H and O–H groups in total. The topological polar surface area (TPSA) is 70.7 Å². The molecule has 1 saturated heterocycles. The molecule has 1 aromatic carbocycles. The third-order valence-corrected chi connectivity index (χ3v) is 3.90. The molecule has 1 fully saturated rings. The molecule has 6 heteroatoms. The van der Waals surface area contributed by atoms with Gasteiger partial charge in [0.15, 0.2) is 0 Å². The minimum absolute atomic E-state index is 0.0305. The molecule has 0 bridgehead atoms. The molecule has 2 amide bonds. The lowest BCUT2D eigenvalue weighted by Crippen LogP contribution is -2.49. The van der Waals surface area contributed by atoms with E-state index in [0.717, 1.165) is 24.4 Å². The predicted octanol–water partition coefficient (Wildman–Crippen LogP) is -0.289. The van der Waals surface area contributed by atoms with E-state index in [4.69, 9.17) is 4.74 Å². The molecule has 1 unspecified atom stereocenters. The second-order valence-corrected chi connectivity index (χ2v) is 5.25. The Morgan fingerprint density at radius 1 is 1.29 bits per heavy atom. The van der Waals surface area contributed by atoms with Gasteiger partial charge in [-0.1, -0.05) is 18.2 Å². The molecule has 2 aliphatic heterocycles. The number of carbonyl (C=O) groups is 2. The third kappa shape index (κ3) is 3.00. The summed E-state index contributed by atoms with van der Waals surface area (Å²) in [6.45, 7) is 3.41. The second kappa shape index (κ2) is 6.13. The molecule has 0 aliphatic carbocycles. The van der Waals surface area contributed by atoms with Crippen LogP contribution in [-0.2, 0) is 9.59 Å². The van der Waals surface area contributed by atoms with Crippen molar-refractivity contribution >= 4 is 11.8 Å². The highest BCUT2D eigenvalue weighted by molar-refractivity contribution is 5.89. The Labute approximate surface area is 123 Å². The second-order valence-electron chi connectivity index (χ2n) is 5.25. The van der Waals surface area contributed by atoms with Crippen molar-refractivity contribution in [2.45, 2.75) is 5.92 Å². The molecular formula is C15H19N3O3. The highest BCUT2D eigenvalue weighted by Gasteiger charge is 2.30. The summed E-state index contributed by atoms with van der Waals surface area (Å²) in [6.07, 6.45) is 0. The van der Waals surface area contributed by atoms with Crippen molar-refractivity contribution < 1.29 is 14.3 Å². The summed E-state index contributed by atoms with van der Waals surface area (Å²) in [7, 11) is 0. The summed E-state index contributed by atoms with van der Waals surface area (Å²) in [5.41, 5.74) is 0.893. The number of rotatable bonds is 3. The Kier molecular flexibility index (Phi) is 4.06. The molecule has 0 aromatic heterocycles. The first kappa shape index (κ1) is 13.9. The average molecular weight is 289 g/mol. The zero-order chi connectivity index (χ0) is 14.7. The van der Waals surface area contributed by atoms with E-state index in [1.54, 1.807) is 4.90 Å². The number of hydrogen-bond acceptors (Lipinski definition) is 4. The van der Waals surface area contributed by atoms with Crippen LogP contribution in [-0.4, -0.2) is 56.0 Å². The van der Waals surface area contributed by atoms with Crippen molar-refractivity contribution in [2.24, 2.45) is 0 Å². The summed E-state index contributed by atoms with van der Waals surface area (Å²) in [5, 5.41) is 5.92. The van der Waals surface area contributed by atoms with E-state index in [-0.39, 0.29) is 24.3 Å². The molecule has 3 rings (SSSR count). The molecule has 2 aliphatic rings. The van der Waals surface area contributed by atoms with Crippen molar-refractivity contribution in [3.8, 4) is 5.75 Å². The van der Waals surface area contributed by atoms with Crippen molar-refractivity contribution in [3.05, 3.63) is 29.8 Å². The lowest BCUT2D eigenvalue weighted by atomic mass is 10.0. The fourth-order valence-electron chi connectivity index (χ4n) is 2.69. The van der Waals surface area contributed by atoms with Gasteiger partial charge in [-0.05, 0) is 6.07 Å². The smallest absolute Gasteiger partial charge is 0.242 e. The van der Waals surface area contributed by atoms with Gasteiger partial charge in [-0.3, -0.25) is 9.59 Å². The number of ether oxygens (including phenoxy) is 1. The summed E-state index contributed by atoms with van der Waals surface area (Å²) in [4.78, 5) is 26.0. The predicted molar refractivity (Wildman–Crippen MR) is 77.1 cm³/mol. The first-order chi connectivity index (χ1) is 10.3. The normalized spacial score (nSPS) is 20.6. The van der Waals surface area contributed by atoms with E-state index in [2.05, 4.69) is 10.6 Å². The SMILES string of the molecule is O=C(NCC(=O)N1CCNCC1)C1COc2ccccc21. The van der Waals surface area contributed by atoms with Crippen molar-refractivity contribution in [1.82, 2.24) is 15.5 Å². The van der Waals surface area contributed by atoms with Gasteiger partial charge in [-0.25, -0.2) is 0 Å². The minimum atomic E-state index is -0.322. The number of benzene rings is 1. The van der Waals surface area contributed by atoms with Crippen LogP contribution in [0.25, 0.3) is 0 Å². The molecule has 0 saturated carbocycles. The summed E-state index contributed by atoms with van der Waals surface area (Å²) in [6, 6.07) is 7.52. The molecule has 0 spiro atoms. The van der Waals surface area contributed by atoms with Gasteiger partial charge in [0, 0.05) is 31.7 Å². The van der Waals surface area contributed by atoms with E-state index in [0.29, 0.717) is 19.7 Å². The number of para-hydroxylation sites is 1. The van der Waals surface area contributed by atoms with Gasteiger partial charge in [0.2, 0.25) is 11.8 Å². The molecule has 1 atom stereocenters. The maximum absolute atomic E-state index is 12.2. The van der Waals surface area contributed by atoms with Crippen molar-refractivity contribution in [2.75, 3.05) is 39.3 Å². The standard InChI is InChI=1S/C15H19N3O3/c19-14(18-7-5-16-6-8-18)9-17-15(20)12-10-21-13-4-2-1-3-11(12)13/h1-4,12,16H,5-10H2,(H,17,20). The molecule has 1 aromatic rings. The van der Waals surface area contributed by atoms with E-state index < -0.39 is 0 Å². The molecule has 112 valence electrons. The summed E-state index contributed by atoms with van der Waals surface area (Å²) in [5.74, 6) is 0.253. The average Bonchev–Trinajstić information content (AvgIpc) is 2.97. The zero-order valence-electron chi connectivity index (χ0n) is 11.8. The molecule has 6 nitrogen and oxygen atoms in total. The van der Waals surface area contributed by atoms with Crippen LogP contribution < -0.4 is 15.4 Å². The Balaban J connectivity index is 1.54. The first-order valence-electron chi connectivity index (χ1n) is 7.23. The van der Waals surface area contributed by atoms with E-state index in [1.165, 1.54) is 0 Å². The maximum atomic E-state index is 12.2. The number of nitrogens with one attached hydrogen (secondary N) is 2. The Morgan fingerprint density at radius 3 is 2.86 bits per heavy atom. The van der Waals surface area contributed by atoms with Crippen molar-refractivity contribution in [1.29, 1.82) is 0 Å². The van der Waals surface area contributed by atoms with Gasteiger partial charge in [0.05, 0.1) is 6.54 Å². The van der Waals surface area contributed by atoms with Gasteiger partial charge in [-0.2, -0.15) is 0 Å². The number of hydrogen-bond donors (Lipinski definition) is 2. The number of nitrogens with zero attached hydrogens (tertiary/aromatic N) is 1. The van der Waals surface area contributed by atoms with E-state index in [1.807, 2.05) is 24.3 Å². The van der Waals surface area contributed by atoms with Gasteiger partial charge in [0.25, 0.3) is 0 Å². The van der Waals surface area contributed by atoms with Gasteiger partial charge >= 0.3 is 0 Å². The lowest BCUT2D eigenvalue weighted by molar-refractivity contribution is -0.133. The van der Waals surface area contributed by atoms with Gasteiger partial charge in [-0.15, -0.1) is 0 Å². The highest BCUT2D eigenvalue weighted by atomic mass is 16.5. The lowest BCUT2D eigenvalue weighted by Gasteiger charge is -2.27. The fourth-order valence-corrected chi connectivity index (χ4v) is 2.69. The molecular weight excluding hydrogens is 270 g/mol. The maximum Gasteiger partial charge on any atom is 0.242 e. The van der Waals surface area contributed by atoms with Crippen LogP contribution in [0.2, 0.25) is 0 Å². The van der Waals surface area contributed by atoms with E-state index >= 15 is 0 Å². The van der Waals surface area contributed by atoms with Gasteiger partial charge in [0.1, 0.15) is 18.3 Å². The van der Waals surface area contributed by atoms with Crippen LogP contribution in [0, 0.1) is 0 Å². The Bertz CT molecular complexity index is 541. The van der Waals surface area contributed by atoms with Crippen LogP contribution in [0.15, 0.2) is 24.3 Å². The van der Waals surface area contributed by atoms with Crippen LogP contribution in [0.4, 0.5) is 0 Å². The monoisotopic (exact) mass is 289 g/mol. The number of carbonyl (C=O) groups excluding carboxylic acids is 2. The first-order valence-corrected chi connectivity index (χ1v) is 7.23. The fraction of sp³-hybridized carbons (Fsp3) is 0.467. The number of amides is 2. The van der Waals surface area contributed by atoms with Crippen LogP contribution in [0.1, 0.15) is 11.5 Å². The molecule has 21 heavy (non-hydrogen) atoms.